The van der Waals surface area contributed by atoms with E-state index in [9.17, 15) is 10.0 Å². The van der Waals surface area contributed by atoms with Crippen molar-refractivity contribution in [1.82, 2.24) is 0 Å². The Kier molecular flexibility index (Phi) is 8.07. The fourth-order valence-electron chi connectivity index (χ4n) is 3.93. The average molecular weight is 398 g/mol. The van der Waals surface area contributed by atoms with Gasteiger partial charge in [-0.15, -0.1) is 6.58 Å². The number of hydrogen-bond acceptors (Lipinski definition) is 2. The second-order valence-corrected chi connectivity index (χ2v) is 7.80. The molecular formula is C27H31BO2. The molecule has 0 heterocycles. The summed E-state index contributed by atoms with van der Waals surface area (Å²) in [6.07, 6.45) is 10.1. The van der Waals surface area contributed by atoms with Gasteiger partial charge in [0, 0.05) is 0 Å². The lowest BCUT2D eigenvalue weighted by molar-refractivity contribution is 0.426. The molecule has 0 aromatic heterocycles. The number of rotatable bonds is 7. The van der Waals surface area contributed by atoms with Gasteiger partial charge in [0.1, 0.15) is 0 Å². The Balaban J connectivity index is 0.000000244. The molecule has 2 N–H and O–H groups in total. The zero-order valence-electron chi connectivity index (χ0n) is 17.8. The van der Waals surface area contributed by atoms with Gasteiger partial charge in [-0.2, -0.15) is 0 Å². The average Bonchev–Trinajstić information content (AvgIpc) is 2.77. The molecule has 0 unspecified atom stereocenters. The Morgan fingerprint density at radius 2 is 1.37 bits per heavy atom. The van der Waals surface area contributed by atoms with Gasteiger partial charge >= 0.3 is 7.12 Å². The number of allylic oxidation sites excluding steroid dienone is 1. The highest BCUT2D eigenvalue weighted by Crippen LogP contribution is 2.28. The van der Waals surface area contributed by atoms with Crippen LogP contribution < -0.4 is 5.46 Å². The van der Waals surface area contributed by atoms with E-state index in [0.29, 0.717) is 5.46 Å². The Bertz CT molecular complexity index is 1120. The van der Waals surface area contributed by atoms with E-state index in [-0.39, 0.29) is 0 Å². The molecule has 30 heavy (non-hydrogen) atoms. The zero-order valence-corrected chi connectivity index (χ0v) is 17.8. The highest BCUT2D eigenvalue weighted by Gasteiger charge is 2.16. The third-order valence-electron chi connectivity index (χ3n) is 5.55. The smallest absolute Gasteiger partial charge is 0.423 e. The normalized spacial score (nSPS) is 10.8. The summed E-state index contributed by atoms with van der Waals surface area (Å²) < 4.78 is 0. The first-order chi connectivity index (χ1) is 14.7. The van der Waals surface area contributed by atoms with Gasteiger partial charge in [-0.3, -0.25) is 0 Å². The van der Waals surface area contributed by atoms with Crippen LogP contribution in [0, 0.1) is 0 Å². The van der Waals surface area contributed by atoms with Gasteiger partial charge in [-0.05, 0) is 62.8 Å². The minimum absolute atomic E-state index is 0.549. The Morgan fingerprint density at radius 3 is 2.03 bits per heavy atom. The number of unbranched alkanes of at least 4 members (excludes halogenated alkanes) is 5. The molecule has 0 spiro atoms. The van der Waals surface area contributed by atoms with Gasteiger partial charge in [0.15, 0.2) is 0 Å². The first-order valence-electron chi connectivity index (χ1n) is 11.0. The summed E-state index contributed by atoms with van der Waals surface area (Å²) in [5.74, 6) is 0. The van der Waals surface area contributed by atoms with Gasteiger partial charge in [-0.25, -0.2) is 0 Å². The number of hydrogen-bond donors (Lipinski definition) is 2. The minimum Gasteiger partial charge on any atom is -0.423 e. The highest BCUT2D eigenvalue weighted by atomic mass is 16.4. The van der Waals surface area contributed by atoms with Gasteiger partial charge in [0.2, 0.25) is 0 Å². The number of fused-ring (bicyclic) bond motifs is 4. The summed E-state index contributed by atoms with van der Waals surface area (Å²) in [4.78, 5) is 0. The quantitative estimate of drug-likeness (QED) is 0.125. The fourth-order valence-corrected chi connectivity index (χ4v) is 3.93. The van der Waals surface area contributed by atoms with E-state index in [0.717, 1.165) is 26.9 Å². The van der Waals surface area contributed by atoms with Crippen molar-refractivity contribution in [2.75, 3.05) is 0 Å². The Labute approximate surface area is 180 Å². The molecule has 3 heteroatoms. The van der Waals surface area contributed by atoms with E-state index in [1.54, 1.807) is 0 Å². The van der Waals surface area contributed by atoms with Crippen LogP contribution in [-0.4, -0.2) is 17.2 Å². The summed E-state index contributed by atoms with van der Waals surface area (Å²) in [7, 11) is -1.47. The first-order valence-corrected chi connectivity index (χ1v) is 11.0. The third kappa shape index (κ3) is 5.30. The van der Waals surface area contributed by atoms with E-state index in [1.807, 2.05) is 48.5 Å². The van der Waals surface area contributed by atoms with Crippen molar-refractivity contribution in [3.05, 3.63) is 79.4 Å². The highest BCUT2D eigenvalue weighted by molar-refractivity contribution is 6.62. The van der Waals surface area contributed by atoms with Crippen molar-refractivity contribution in [1.29, 1.82) is 0 Å². The lowest BCUT2D eigenvalue weighted by atomic mass is 9.75. The van der Waals surface area contributed by atoms with E-state index >= 15 is 0 Å². The Morgan fingerprint density at radius 1 is 0.733 bits per heavy atom. The fraction of sp³-hybridized carbons (Fsp3) is 0.259. The summed E-state index contributed by atoms with van der Waals surface area (Å²) in [6.45, 7) is 5.92. The monoisotopic (exact) mass is 398 g/mol. The molecule has 0 aliphatic rings. The molecule has 4 rings (SSSR count). The molecule has 0 saturated heterocycles. The van der Waals surface area contributed by atoms with Crippen LogP contribution in [-0.2, 0) is 0 Å². The standard InChI is InChI=1S/C18H13BO2.C9H18/c20-19(21)18-11-14-9-12-5-1-2-6-13(12)10-17(14)15-7-3-4-8-16(15)18;1-3-5-7-9-8-6-4-2/h1-11,20-21H;3H,1,4-9H2,2H3. The zero-order chi connectivity index (χ0) is 21.3. The molecule has 0 aliphatic heterocycles. The molecule has 0 saturated carbocycles. The molecule has 4 aromatic rings. The van der Waals surface area contributed by atoms with Crippen LogP contribution >= 0.6 is 0 Å². The van der Waals surface area contributed by atoms with E-state index < -0.39 is 7.12 Å². The summed E-state index contributed by atoms with van der Waals surface area (Å²) in [6, 6.07) is 22.2. The van der Waals surface area contributed by atoms with Crippen molar-refractivity contribution in [2.45, 2.75) is 45.4 Å². The molecule has 0 radical (unpaired) electrons. The van der Waals surface area contributed by atoms with Crippen LogP contribution in [0.2, 0.25) is 0 Å². The molecule has 0 fully saturated rings. The summed E-state index contributed by atoms with van der Waals surface area (Å²) in [5.41, 5.74) is 0.549. The van der Waals surface area contributed by atoms with Crippen LogP contribution in [0.4, 0.5) is 0 Å². The van der Waals surface area contributed by atoms with Gasteiger partial charge in [0.05, 0.1) is 0 Å². The van der Waals surface area contributed by atoms with Crippen LogP contribution in [0.25, 0.3) is 32.3 Å². The predicted molar refractivity (Wildman–Crippen MR) is 132 cm³/mol. The maximum absolute atomic E-state index is 9.65. The molecule has 154 valence electrons. The molecule has 0 aliphatic carbocycles. The lowest BCUT2D eigenvalue weighted by Gasteiger charge is -2.11. The first kappa shape index (κ1) is 22.1. The largest absolute Gasteiger partial charge is 0.489 e. The Hall–Kier alpha value is -2.62. The second-order valence-electron chi connectivity index (χ2n) is 7.80. The molecule has 4 aromatic carbocycles. The maximum Gasteiger partial charge on any atom is 0.489 e. The third-order valence-corrected chi connectivity index (χ3v) is 5.55. The van der Waals surface area contributed by atoms with Crippen molar-refractivity contribution >= 4 is 44.9 Å². The molecular weight excluding hydrogens is 367 g/mol. The molecule has 0 amide bonds. The second kappa shape index (κ2) is 11.0. The van der Waals surface area contributed by atoms with E-state index in [4.69, 9.17) is 0 Å². The summed E-state index contributed by atoms with van der Waals surface area (Å²) >= 11 is 0. The maximum atomic E-state index is 9.65. The molecule has 0 atom stereocenters. The van der Waals surface area contributed by atoms with E-state index in [1.165, 1.54) is 43.9 Å². The van der Waals surface area contributed by atoms with Crippen LogP contribution in [0.5, 0.6) is 0 Å². The number of benzene rings is 4. The van der Waals surface area contributed by atoms with Gasteiger partial charge < -0.3 is 10.0 Å². The van der Waals surface area contributed by atoms with Gasteiger partial charge in [0.25, 0.3) is 0 Å². The SMILES string of the molecule is C=CCCCCCCC.OB(O)c1cc2cc3ccccc3cc2c2ccccc12. The van der Waals surface area contributed by atoms with Crippen molar-refractivity contribution in [3.8, 4) is 0 Å². The van der Waals surface area contributed by atoms with E-state index in [2.05, 4.69) is 37.8 Å². The van der Waals surface area contributed by atoms with Gasteiger partial charge in [-0.1, -0.05) is 93.3 Å². The van der Waals surface area contributed by atoms with Crippen LogP contribution in [0.3, 0.4) is 0 Å². The minimum atomic E-state index is -1.47. The lowest BCUT2D eigenvalue weighted by Crippen LogP contribution is -2.30. The van der Waals surface area contributed by atoms with Crippen molar-refractivity contribution < 1.29 is 10.0 Å². The van der Waals surface area contributed by atoms with Crippen LogP contribution in [0.1, 0.15) is 45.4 Å². The van der Waals surface area contributed by atoms with Crippen molar-refractivity contribution in [2.24, 2.45) is 0 Å². The van der Waals surface area contributed by atoms with Crippen molar-refractivity contribution in [3.63, 3.8) is 0 Å². The predicted octanol–water partition coefficient (Wildman–Crippen LogP) is 6.36. The van der Waals surface area contributed by atoms with Crippen LogP contribution in [0.15, 0.2) is 79.4 Å². The topological polar surface area (TPSA) is 40.5 Å². The molecule has 0 bridgehead atoms. The molecule has 2 nitrogen and oxygen atoms in total. The summed E-state index contributed by atoms with van der Waals surface area (Å²) in [5, 5.41) is 25.7.